The van der Waals surface area contributed by atoms with Gasteiger partial charge < -0.3 is 15.2 Å². The van der Waals surface area contributed by atoms with Crippen LogP contribution in [-0.2, 0) is 6.54 Å². The van der Waals surface area contributed by atoms with Crippen molar-refractivity contribution in [2.45, 2.75) is 51.5 Å². The minimum atomic E-state index is -0.0886. The van der Waals surface area contributed by atoms with Gasteiger partial charge >= 0.3 is 0 Å². The second-order valence-electron chi connectivity index (χ2n) is 5.01. The van der Waals surface area contributed by atoms with E-state index in [0.29, 0.717) is 6.04 Å². The van der Waals surface area contributed by atoms with E-state index in [2.05, 4.69) is 17.4 Å². The van der Waals surface area contributed by atoms with Crippen molar-refractivity contribution >= 4 is 0 Å². The molecule has 1 aromatic carbocycles. The summed E-state index contributed by atoms with van der Waals surface area (Å²) in [6, 6.07) is 8.66. The molecule has 0 unspecified atom stereocenters. The molecular formula is C14H21NO2. The zero-order valence-corrected chi connectivity index (χ0v) is 10.5. The summed E-state index contributed by atoms with van der Waals surface area (Å²) in [5.74, 6) is 0.919. The predicted octanol–water partition coefficient (Wildman–Crippen LogP) is 2.09. The topological polar surface area (TPSA) is 41.5 Å². The number of hydrogen-bond donors (Lipinski definition) is 2. The lowest BCUT2D eigenvalue weighted by atomic mass is 9.89. The number of ether oxygens (including phenoxy) is 1. The Bertz CT molecular complexity index is 342. The van der Waals surface area contributed by atoms with Crippen LogP contribution < -0.4 is 10.1 Å². The first kappa shape index (κ1) is 12.4. The molecule has 0 aromatic heterocycles. The molecule has 2 rings (SSSR count). The summed E-state index contributed by atoms with van der Waals surface area (Å²) in [7, 11) is 0. The van der Waals surface area contributed by atoms with Crippen LogP contribution in [0.5, 0.6) is 5.75 Å². The van der Waals surface area contributed by atoms with E-state index < -0.39 is 0 Å². The van der Waals surface area contributed by atoms with Crippen molar-refractivity contribution in [3.05, 3.63) is 29.8 Å². The van der Waals surface area contributed by atoms with Gasteiger partial charge in [-0.15, -0.1) is 0 Å². The van der Waals surface area contributed by atoms with Gasteiger partial charge in [-0.2, -0.15) is 0 Å². The van der Waals surface area contributed by atoms with E-state index in [1.165, 1.54) is 5.56 Å². The van der Waals surface area contributed by atoms with Crippen LogP contribution in [0, 0.1) is 0 Å². The third-order valence-electron chi connectivity index (χ3n) is 3.00. The third-order valence-corrected chi connectivity index (χ3v) is 3.00. The second-order valence-corrected chi connectivity index (χ2v) is 5.01. The molecule has 0 atom stereocenters. The zero-order chi connectivity index (χ0) is 12.3. The number of rotatable bonds is 5. The van der Waals surface area contributed by atoms with Gasteiger partial charge in [-0.05, 0) is 44.4 Å². The molecule has 3 heteroatoms. The van der Waals surface area contributed by atoms with E-state index in [4.69, 9.17) is 4.74 Å². The second kappa shape index (κ2) is 5.52. The Kier molecular flexibility index (Phi) is 4.02. The highest BCUT2D eigenvalue weighted by Gasteiger charge is 2.26. The van der Waals surface area contributed by atoms with Gasteiger partial charge in [0.25, 0.3) is 0 Å². The normalized spacial score (nSPS) is 23.5. The van der Waals surface area contributed by atoms with Gasteiger partial charge in [0.15, 0.2) is 0 Å². The summed E-state index contributed by atoms with van der Waals surface area (Å²) < 4.78 is 5.59. The molecule has 0 spiro atoms. The van der Waals surface area contributed by atoms with Crippen LogP contribution >= 0.6 is 0 Å². The first-order chi connectivity index (χ1) is 8.13. The average Bonchev–Trinajstić information content (AvgIpc) is 2.24. The zero-order valence-electron chi connectivity index (χ0n) is 10.5. The highest BCUT2D eigenvalue weighted by molar-refractivity contribution is 5.27. The fourth-order valence-corrected chi connectivity index (χ4v) is 1.97. The SMILES string of the molecule is CC(C)Oc1ccc(CNC2CC(O)C2)cc1. The van der Waals surface area contributed by atoms with Crippen LogP contribution in [0.2, 0.25) is 0 Å². The monoisotopic (exact) mass is 235 g/mol. The highest BCUT2D eigenvalue weighted by Crippen LogP contribution is 2.20. The molecule has 0 aliphatic heterocycles. The van der Waals surface area contributed by atoms with Crippen LogP contribution in [0.15, 0.2) is 24.3 Å². The molecule has 0 heterocycles. The summed E-state index contributed by atoms with van der Waals surface area (Å²) in [5, 5.41) is 12.6. The fraction of sp³-hybridized carbons (Fsp3) is 0.571. The Labute approximate surface area is 103 Å². The molecule has 0 radical (unpaired) electrons. The number of hydrogen-bond acceptors (Lipinski definition) is 3. The Hall–Kier alpha value is -1.06. The van der Waals surface area contributed by atoms with E-state index in [1.807, 2.05) is 26.0 Å². The first-order valence-corrected chi connectivity index (χ1v) is 6.30. The van der Waals surface area contributed by atoms with Crippen molar-refractivity contribution in [3.63, 3.8) is 0 Å². The smallest absolute Gasteiger partial charge is 0.119 e. The van der Waals surface area contributed by atoms with Crippen LogP contribution in [-0.4, -0.2) is 23.4 Å². The quantitative estimate of drug-likeness (QED) is 0.821. The predicted molar refractivity (Wildman–Crippen MR) is 68.1 cm³/mol. The lowest BCUT2D eigenvalue weighted by Gasteiger charge is -2.32. The summed E-state index contributed by atoms with van der Waals surface area (Å²) in [6.07, 6.45) is 1.90. The Balaban J connectivity index is 1.77. The Morgan fingerprint density at radius 3 is 2.47 bits per heavy atom. The van der Waals surface area contributed by atoms with Gasteiger partial charge in [0, 0.05) is 12.6 Å². The molecule has 17 heavy (non-hydrogen) atoms. The summed E-state index contributed by atoms with van der Waals surface area (Å²) in [6.45, 7) is 4.91. The summed E-state index contributed by atoms with van der Waals surface area (Å²) in [4.78, 5) is 0. The lowest BCUT2D eigenvalue weighted by molar-refractivity contribution is 0.0619. The standard InChI is InChI=1S/C14H21NO2/c1-10(2)17-14-5-3-11(4-6-14)9-15-12-7-13(16)8-12/h3-6,10,12-13,15-16H,7-9H2,1-2H3. The van der Waals surface area contributed by atoms with E-state index in [9.17, 15) is 5.11 Å². The maximum absolute atomic E-state index is 9.18. The summed E-state index contributed by atoms with van der Waals surface area (Å²) >= 11 is 0. The van der Waals surface area contributed by atoms with Crippen molar-refractivity contribution in [2.75, 3.05) is 0 Å². The Morgan fingerprint density at radius 1 is 1.29 bits per heavy atom. The molecule has 3 nitrogen and oxygen atoms in total. The minimum Gasteiger partial charge on any atom is -0.491 e. The number of aliphatic hydroxyl groups is 1. The van der Waals surface area contributed by atoms with Crippen molar-refractivity contribution in [2.24, 2.45) is 0 Å². The van der Waals surface area contributed by atoms with Crippen molar-refractivity contribution in [1.82, 2.24) is 5.32 Å². The van der Waals surface area contributed by atoms with Crippen molar-refractivity contribution in [1.29, 1.82) is 0 Å². The van der Waals surface area contributed by atoms with Gasteiger partial charge in [0.05, 0.1) is 12.2 Å². The maximum Gasteiger partial charge on any atom is 0.119 e. The molecule has 0 bridgehead atoms. The number of nitrogens with one attached hydrogen (secondary N) is 1. The van der Waals surface area contributed by atoms with Crippen LogP contribution in [0.3, 0.4) is 0 Å². The molecule has 1 aliphatic rings. The highest BCUT2D eigenvalue weighted by atomic mass is 16.5. The lowest BCUT2D eigenvalue weighted by Crippen LogP contribution is -2.43. The average molecular weight is 235 g/mol. The largest absolute Gasteiger partial charge is 0.491 e. The van der Waals surface area contributed by atoms with E-state index in [1.54, 1.807) is 0 Å². The van der Waals surface area contributed by atoms with Crippen molar-refractivity contribution < 1.29 is 9.84 Å². The van der Waals surface area contributed by atoms with Gasteiger partial charge in [-0.3, -0.25) is 0 Å². The number of benzene rings is 1. The summed E-state index contributed by atoms with van der Waals surface area (Å²) in [5.41, 5.74) is 1.25. The van der Waals surface area contributed by atoms with Gasteiger partial charge in [0.1, 0.15) is 5.75 Å². The van der Waals surface area contributed by atoms with Gasteiger partial charge in [0.2, 0.25) is 0 Å². The molecule has 0 amide bonds. The van der Waals surface area contributed by atoms with Crippen molar-refractivity contribution in [3.8, 4) is 5.75 Å². The molecule has 1 aliphatic carbocycles. The minimum absolute atomic E-state index is 0.0886. The van der Waals surface area contributed by atoms with Crippen LogP contribution in [0.25, 0.3) is 0 Å². The molecule has 2 N–H and O–H groups in total. The molecule has 1 fully saturated rings. The fourth-order valence-electron chi connectivity index (χ4n) is 1.97. The van der Waals surface area contributed by atoms with Crippen LogP contribution in [0.4, 0.5) is 0 Å². The molecule has 1 saturated carbocycles. The van der Waals surface area contributed by atoms with Gasteiger partial charge in [-0.25, -0.2) is 0 Å². The van der Waals surface area contributed by atoms with Crippen LogP contribution in [0.1, 0.15) is 32.3 Å². The van der Waals surface area contributed by atoms with E-state index in [-0.39, 0.29) is 12.2 Å². The number of aliphatic hydroxyl groups excluding tert-OH is 1. The molecule has 0 saturated heterocycles. The third kappa shape index (κ3) is 3.72. The molecule has 1 aromatic rings. The molecular weight excluding hydrogens is 214 g/mol. The van der Waals surface area contributed by atoms with Gasteiger partial charge in [-0.1, -0.05) is 12.1 Å². The Morgan fingerprint density at radius 2 is 1.94 bits per heavy atom. The first-order valence-electron chi connectivity index (χ1n) is 6.30. The maximum atomic E-state index is 9.18. The van der Waals surface area contributed by atoms with E-state index in [0.717, 1.165) is 25.1 Å². The van der Waals surface area contributed by atoms with E-state index >= 15 is 0 Å². The molecule has 94 valence electrons.